The SMILES string of the molecule is CNS(=O)(=O)c1ccc(CN2CCNCC2)cc1. The molecule has 100 valence electrons. The van der Waals surface area contributed by atoms with E-state index in [4.69, 9.17) is 0 Å². The molecule has 1 aliphatic heterocycles. The monoisotopic (exact) mass is 269 g/mol. The van der Waals surface area contributed by atoms with Gasteiger partial charge >= 0.3 is 0 Å². The minimum absolute atomic E-state index is 0.314. The van der Waals surface area contributed by atoms with Crippen LogP contribution in [0.5, 0.6) is 0 Å². The highest BCUT2D eigenvalue weighted by molar-refractivity contribution is 7.89. The van der Waals surface area contributed by atoms with Gasteiger partial charge in [-0.05, 0) is 24.7 Å². The van der Waals surface area contributed by atoms with Crippen molar-refractivity contribution in [3.05, 3.63) is 29.8 Å². The number of hydrogen-bond donors (Lipinski definition) is 2. The van der Waals surface area contributed by atoms with E-state index in [9.17, 15) is 8.42 Å². The van der Waals surface area contributed by atoms with Gasteiger partial charge in [-0.1, -0.05) is 12.1 Å². The molecule has 0 unspecified atom stereocenters. The van der Waals surface area contributed by atoms with Gasteiger partial charge in [0.1, 0.15) is 0 Å². The van der Waals surface area contributed by atoms with Gasteiger partial charge in [0.2, 0.25) is 10.0 Å². The highest BCUT2D eigenvalue weighted by atomic mass is 32.2. The first-order valence-electron chi connectivity index (χ1n) is 6.07. The normalized spacial score (nSPS) is 17.8. The molecule has 0 aromatic heterocycles. The third kappa shape index (κ3) is 3.29. The Bertz CT molecular complexity index is 479. The van der Waals surface area contributed by atoms with Gasteiger partial charge in [-0.25, -0.2) is 13.1 Å². The number of nitrogens with zero attached hydrogens (tertiary/aromatic N) is 1. The molecule has 1 aliphatic rings. The maximum Gasteiger partial charge on any atom is 0.240 e. The molecule has 2 N–H and O–H groups in total. The molecule has 6 heteroatoms. The van der Waals surface area contributed by atoms with Crippen LogP contribution in [0.1, 0.15) is 5.56 Å². The average molecular weight is 269 g/mol. The molecule has 5 nitrogen and oxygen atoms in total. The van der Waals surface area contributed by atoms with Crippen LogP contribution >= 0.6 is 0 Å². The molecular weight excluding hydrogens is 250 g/mol. The molecule has 2 rings (SSSR count). The van der Waals surface area contributed by atoms with Crippen molar-refractivity contribution < 1.29 is 8.42 Å². The van der Waals surface area contributed by atoms with Crippen LogP contribution in [-0.4, -0.2) is 46.5 Å². The van der Waals surface area contributed by atoms with E-state index in [0.29, 0.717) is 4.90 Å². The predicted octanol–water partition coefficient (Wildman–Crippen LogP) is -0.0001000. The van der Waals surface area contributed by atoms with E-state index in [0.717, 1.165) is 38.3 Å². The van der Waals surface area contributed by atoms with Crippen molar-refractivity contribution >= 4 is 10.0 Å². The fourth-order valence-electron chi connectivity index (χ4n) is 2.02. The van der Waals surface area contributed by atoms with Crippen molar-refractivity contribution in [2.24, 2.45) is 0 Å². The Hall–Kier alpha value is -0.950. The standard InChI is InChI=1S/C12H19N3O2S/c1-13-18(16,17)12-4-2-11(3-5-12)10-15-8-6-14-7-9-15/h2-5,13-14H,6-10H2,1H3. The Kier molecular flexibility index (Phi) is 4.34. The number of hydrogen-bond acceptors (Lipinski definition) is 4. The lowest BCUT2D eigenvalue weighted by molar-refractivity contribution is 0.233. The third-order valence-electron chi connectivity index (χ3n) is 3.12. The first-order valence-corrected chi connectivity index (χ1v) is 7.56. The van der Waals surface area contributed by atoms with Gasteiger partial charge in [0.05, 0.1) is 4.90 Å². The van der Waals surface area contributed by atoms with Crippen molar-refractivity contribution in [1.82, 2.24) is 14.9 Å². The zero-order valence-corrected chi connectivity index (χ0v) is 11.3. The summed E-state index contributed by atoms with van der Waals surface area (Å²) in [5, 5.41) is 3.31. The molecule has 0 aliphatic carbocycles. The predicted molar refractivity (Wildman–Crippen MR) is 70.8 cm³/mol. The highest BCUT2D eigenvalue weighted by Gasteiger charge is 2.12. The molecule has 0 spiro atoms. The Balaban J connectivity index is 2.03. The lowest BCUT2D eigenvalue weighted by Crippen LogP contribution is -2.42. The van der Waals surface area contributed by atoms with Crippen LogP contribution in [0.25, 0.3) is 0 Å². The van der Waals surface area contributed by atoms with Crippen LogP contribution in [0.15, 0.2) is 29.2 Å². The summed E-state index contributed by atoms with van der Waals surface area (Å²) < 4.78 is 25.5. The van der Waals surface area contributed by atoms with E-state index >= 15 is 0 Å². The number of rotatable bonds is 4. The third-order valence-corrected chi connectivity index (χ3v) is 4.55. The van der Waals surface area contributed by atoms with Gasteiger partial charge in [-0.2, -0.15) is 0 Å². The zero-order chi connectivity index (χ0) is 13.0. The van der Waals surface area contributed by atoms with Gasteiger partial charge in [-0.3, -0.25) is 4.90 Å². The number of benzene rings is 1. The molecule has 1 aromatic carbocycles. The molecule has 0 amide bonds. The first kappa shape index (κ1) is 13.5. The number of piperazine rings is 1. The summed E-state index contributed by atoms with van der Waals surface area (Å²) in [7, 11) is -1.90. The quantitative estimate of drug-likeness (QED) is 0.808. The van der Waals surface area contributed by atoms with Crippen molar-refractivity contribution in [2.45, 2.75) is 11.4 Å². The fourth-order valence-corrected chi connectivity index (χ4v) is 2.75. The Morgan fingerprint density at radius 3 is 2.39 bits per heavy atom. The summed E-state index contributed by atoms with van der Waals surface area (Å²) in [6.07, 6.45) is 0. The maximum atomic E-state index is 11.6. The van der Waals surface area contributed by atoms with Crippen LogP contribution in [0, 0.1) is 0 Å². The molecule has 1 saturated heterocycles. The Morgan fingerprint density at radius 1 is 1.22 bits per heavy atom. The van der Waals surface area contributed by atoms with Crippen molar-refractivity contribution in [3.8, 4) is 0 Å². The smallest absolute Gasteiger partial charge is 0.240 e. The lowest BCUT2D eigenvalue weighted by atomic mass is 10.2. The van der Waals surface area contributed by atoms with Crippen LogP contribution in [0.2, 0.25) is 0 Å². The largest absolute Gasteiger partial charge is 0.314 e. The molecule has 18 heavy (non-hydrogen) atoms. The highest BCUT2D eigenvalue weighted by Crippen LogP contribution is 2.12. The summed E-state index contributed by atoms with van der Waals surface area (Å²) in [5.41, 5.74) is 1.15. The molecule has 0 bridgehead atoms. The molecule has 0 radical (unpaired) electrons. The van der Waals surface area contributed by atoms with E-state index in [2.05, 4.69) is 14.9 Å². The second-order valence-corrected chi connectivity index (χ2v) is 6.26. The summed E-state index contributed by atoms with van der Waals surface area (Å²) in [6, 6.07) is 7.07. The second-order valence-electron chi connectivity index (χ2n) is 4.38. The Labute approximate surface area is 108 Å². The molecule has 1 aromatic rings. The lowest BCUT2D eigenvalue weighted by Gasteiger charge is -2.27. The Morgan fingerprint density at radius 2 is 1.83 bits per heavy atom. The summed E-state index contributed by atoms with van der Waals surface area (Å²) in [4.78, 5) is 2.67. The minimum Gasteiger partial charge on any atom is -0.314 e. The summed E-state index contributed by atoms with van der Waals surface area (Å²) in [6.45, 7) is 4.99. The zero-order valence-electron chi connectivity index (χ0n) is 10.5. The van der Waals surface area contributed by atoms with E-state index in [1.165, 1.54) is 7.05 Å². The van der Waals surface area contributed by atoms with E-state index in [-0.39, 0.29) is 0 Å². The van der Waals surface area contributed by atoms with Crippen LogP contribution < -0.4 is 10.0 Å². The maximum absolute atomic E-state index is 11.6. The molecule has 0 atom stereocenters. The van der Waals surface area contributed by atoms with Crippen LogP contribution in [0.3, 0.4) is 0 Å². The van der Waals surface area contributed by atoms with Crippen molar-refractivity contribution in [3.63, 3.8) is 0 Å². The van der Waals surface area contributed by atoms with E-state index in [1.807, 2.05) is 12.1 Å². The molecule has 1 fully saturated rings. The average Bonchev–Trinajstić information content (AvgIpc) is 2.40. The molecule has 0 saturated carbocycles. The topological polar surface area (TPSA) is 61.4 Å². The summed E-state index contributed by atoms with van der Waals surface area (Å²) >= 11 is 0. The van der Waals surface area contributed by atoms with Gasteiger partial charge in [0, 0.05) is 32.7 Å². The molecular formula is C12H19N3O2S. The number of nitrogens with one attached hydrogen (secondary N) is 2. The van der Waals surface area contributed by atoms with E-state index < -0.39 is 10.0 Å². The van der Waals surface area contributed by atoms with Gasteiger partial charge in [-0.15, -0.1) is 0 Å². The van der Waals surface area contributed by atoms with Crippen LogP contribution in [0.4, 0.5) is 0 Å². The number of sulfonamides is 1. The summed E-state index contributed by atoms with van der Waals surface area (Å²) in [5.74, 6) is 0. The first-order chi connectivity index (χ1) is 8.62. The molecule has 1 heterocycles. The van der Waals surface area contributed by atoms with Gasteiger partial charge < -0.3 is 5.32 Å². The van der Waals surface area contributed by atoms with Crippen molar-refractivity contribution in [1.29, 1.82) is 0 Å². The fraction of sp³-hybridized carbons (Fsp3) is 0.500. The second kappa shape index (κ2) is 5.79. The van der Waals surface area contributed by atoms with Crippen LogP contribution in [-0.2, 0) is 16.6 Å². The minimum atomic E-state index is -3.32. The van der Waals surface area contributed by atoms with Gasteiger partial charge in [0.15, 0.2) is 0 Å². The van der Waals surface area contributed by atoms with Crippen molar-refractivity contribution in [2.75, 3.05) is 33.2 Å². The van der Waals surface area contributed by atoms with Gasteiger partial charge in [0.25, 0.3) is 0 Å². The van der Waals surface area contributed by atoms with E-state index in [1.54, 1.807) is 12.1 Å².